The third-order valence-electron chi connectivity index (χ3n) is 3.18. The number of amides is 3. The lowest BCUT2D eigenvalue weighted by Crippen LogP contribution is -2.37. The summed E-state index contributed by atoms with van der Waals surface area (Å²) in [5.74, 6) is -0.188. The number of hydrogen-bond acceptors (Lipinski definition) is 4. The molecule has 0 saturated heterocycles. The topological polar surface area (TPSA) is 96.5 Å². The van der Waals surface area contributed by atoms with E-state index in [1.165, 1.54) is 0 Å². The molecule has 0 heterocycles. The summed E-state index contributed by atoms with van der Waals surface area (Å²) in [6.07, 6.45) is 1.26. The highest BCUT2D eigenvalue weighted by Crippen LogP contribution is 2.30. The molecule has 1 aromatic rings. The monoisotopic (exact) mass is 333 g/mol. The summed E-state index contributed by atoms with van der Waals surface area (Å²) in [6, 6.07) is 6.82. The Morgan fingerprint density at radius 2 is 1.58 bits per heavy atom. The first-order valence-electron chi connectivity index (χ1n) is 7.90. The van der Waals surface area contributed by atoms with E-state index in [1.54, 1.807) is 45.0 Å². The minimum absolute atomic E-state index is 0.0355. The van der Waals surface area contributed by atoms with Crippen molar-refractivity contribution in [3.8, 4) is 0 Å². The van der Waals surface area contributed by atoms with Crippen molar-refractivity contribution in [1.82, 2.24) is 5.32 Å². The average molecular weight is 333 g/mol. The summed E-state index contributed by atoms with van der Waals surface area (Å²) in [5, 5.41) is 7.86. The van der Waals surface area contributed by atoms with E-state index in [-0.39, 0.29) is 24.3 Å². The fraction of sp³-hybridized carbons (Fsp3) is 0.471. The van der Waals surface area contributed by atoms with Crippen molar-refractivity contribution in [2.75, 3.05) is 17.2 Å². The fourth-order valence-corrected chi connectivity index (χ4v) is 1.90. The van der Waals surface area contributed by atoms with Crippen LogP contribution in [0.4, 0.5) is 16.2 Å². The van der Waals surface area contributed by atoms with Gasteiger partial charge in [0, 0.05) is 17.3 Å². The first-order chi connectivity index (χ1) is 11.2. The highest BCUT2D eigenvalue weighted by Gasteiger charge is 2.29. The number of carbonyl (C=O) groups excluding carboxylic acids is 3. The first-order valence-corrected chi connectivity index (χ1v) is 7.90. The summed E-state index contributed by atoms with van der Waals surface area (Å²) in [4.78, 5) is 34.9. The standard InChI is InChI=1S/C17H23N3O4/c1-17(2,3)24-16(23)18-10-14(21)19-12-6-8-13(9-7-12)20-15(22)11-4-5-11/h6-9,11H,4-5,10H2,1-3H3,(H,18,23)(H,19,21)(H,20,22). The van der Waals surface area contributed by atoms with Gasteiger partial charge in [0.25, 0.3) is 0 Å². The molecule has 3 amide bonds. The first kappa shape index (κ1) is 17.8. The zero-order valence-electron chi connectivity index (χ0n) is 14.1. The number of alkyl carbamates (subject to hydrolysis) is 1. The minimum Gasteiger partial charge on any atom is -0.444 e. The van der Waals surface area contributed by atoms with Crippen LogP contribution in [0, 0.1) is 5.92 Å². The third kappa shape index (κ3) is 6.28. The van der Waals surface area contributed by atoms with Crippen molar-refractivity contribution in [3.63, 3.8) is 0 Å². The minimum atomic E-state index is -0.643. The Hall–Kier alpha value is -2.57. The number of rotatable bonds is 5. The summed E-state index contributed by atoms with van der Waals surface area (Å²) >= 11 is 0. The molecule has 1 aliphatic rings. The average Bonchev–Trinajstić information content (AvgIpc) is 3.30. The lowest BCUT2D eigenvalue weighted by atomic mass is 10.2. The smallest absolute Gasteiger partial charge is 0.408 e. The molecule has 0 aromatic heterocycles. The van der Waals surface area contributed by atoms with E-state index in [1.807, 2.05) is 0 Å². The SMILES string of the molecule is CC(C)(C)OC(=O)NCC(=O)Nc1ccc(NC(=O)C2CC2)cc1. The third-order valence-corrected chi connectivity index (χ3v) is 3.18. The van der Waals surface area contributed by atoms with Crippen molar-refractivity contribution in [2.45, 2.75) is 39.2 Å². The molecule has 0 aliphatic heterocycles. The number of benzene rings is 1. The van der Waals surface area contributed by atoms with Crippen molar-refractivity contribution in [2.24, 2.45) is 5.92 Å². The summed E-state index contributed by atoms with van der Waals surface area (Å²) in [5.41, 5.74) is 0.661. The van der Waals surface area contributed by atoms with E-state index in [9.17, 15) is 14.4 Å². The fourth-order valence-electron chi connectivity index (χ4n) is 1.90. The summed E-state index contributed by atoms with van der Waals surface area (Å²) in [7, 11) is 0. The molecule has 3 N–H and O–H groups in total. The predicted octanol–water partition coefficient (Wildman–Crippen LogP) is 2.50. The largest absolute Gasteiger partial charge is 0.444 e. The Morgan fingerprint density at radius 3 is 2.08 bits per heavy atom. The van der Waals surface area contributed by atoms with Crippen LogP contribution in [0.1, 0.15) is 33.6 Å². The molecule has 0 unspecified atom stereocenters. The second-order valence-electron chi connectivity index (χ2n) is 6.74. The number of anilines is 2. The molecular formula is C17H23N3O4. The second kappa shape index (κ2) is 7.33. The van der Waals surface area contributed by atoms with Crippen LogP contribution in [-0.2, 0) is 14.3 Å². The molecule has 1 saturated carbocycles. The summed E-state index contributed by atoms with van der Waals surface area (Å²) in [6.45, 7) is 5.05. The Bertz CT molecular complexity index is 616. The van der Waals surface area contributed by atoms with E-state index in [4.69, 9.17) is 4.74 Å². The molecule has 7 nitrogen and oxygen atoms in total. The number of ether oxygens (including phenoxy) is 1. The highest BCUT2D eigenvalue weighted by atomic mass is 16.6. The van der Waals surface area contributed by atoms with E-state index < -0.39 is 11.7 Å². The van der Waals surface area contributed by atoms with E-state index in [0.717, 1.165) is 12.8 Å². The van der Waals surface area contributed by atoms with Gasteiger partial charge in [-0.25, -0.2) is 4.79 Å². The number of carbonyl (C=O) groups is 3. The van der Waals surface area contributed by atoms with E-state index in [0.29, 0.717) is 11.4 Å². The van der Waals surface area contributed by atoms with Crippen LogP contribution in [0.2, 0.25) is 0 Å². The maximum Gasteiger partial charge on any atom is 0.408 e. The molecule has 130 valence electrons. The summed E-state index contributed by atoms with van der Waals surface area (Å²) < 4.78 is 5.05. The molecule has 0 atom stereocenters. The van der Waals surface area contributed by atoms with Gasteiger partial charge < -0.3 is 20.7 Å². The van der Waals surface area contributed by atoms with Crippen LogP contribution in [0.3, 0.4) is 0 Å². The van der Waals surface area contributed by atoms with Gasteiger partial charge in [-0.05, 0) is 57.9 Å². The van der Waals surface area contributed by atoms with Gasteiger partial charge in [0.1, 0.15) is 12.1 Å². The van der Waals surface area contributed by atoms with Crippen molar-refractivity contribution in [3.05, 3.63) is 24.3 Å². The van der Waals surface area contributed by atoms with Crippen LogP contribution in [-0.4, -0.2) is 30.1 Å². The molecule has 1 aromatic carbocycles. The van der Waals surface area contributed by atoms with Crippen LogP contribution in [0.5, 0.6) is 0 Å². The van der Waals surface area contributed by atoms with E-state index >= 15 is 0 Å². The highest BCUT2D eigenvalue weighted by molar-refractivity contribution is 5.95. The molecule has 1 aliphatic carbocycles. The van der Waals surface area contributed by atoms with Gasteiger partial charge in [0.15, 0.2) is 0 Å². The maximum absolute atomic E-state index is 11.8. The Labute approximate surface area is 141 Å². The van der Waals surface area contributed by atoms with Crippen molar-refractivity contribution >= 4 is 29.3 Å². The molecule has 24 heavy (non-hydrogen) atoms. The molecule has 0 spiro atoms. The van der Waals surface area contributed by atoms with E-state index in [2.05, 4.69) is 16.0 Å². The van der Waals surface area contributed by atoms with Crippen molar-refractivity contribution < 1.29 is 19.1 Å². The molecule has 2 rings (SSSR count). The van der Waals surface area contributed by atoms with Gasteiger partial charge in [0.05, 0.1) is 0 Å². The van der Waals surface area contributed by atoms with Gasteiger partial charge in [-0.2, -0.15) is 0 Å². The van der Waals surface area contributed by atoms with Gasteiger partial charge in [-0.15, -0.1) is 0 Å². The Kier molecular flexibility index (Phi) is 5.43. The molecule has 1 fully saturated rings. The van der Waals surface area contributed by atoms with Crippen LogP contribution in [0.15, 0.2) is 24.3 Å². The zero-order valence-corrected chi connectivity index (χ0v) is 14.1. The Morgan fingerprint density at radius 1 is 1.04 bits per heavy atom. The quantitative estimate of drug-likeness (QED) is 0.771. The molecular weight excluding hydrogens is 310 g/mol. The second-order valence-corrected chi connectivity index (χ2v) is 6.74. The van der Waals surface area contributed by atoms with Crippen LogP contribution in [0.25, 0.3) is 0 Å². The number of hydrogen-bond donors (Lipinski definition) is 3. The number of nitrogens with one attached hydrogen (secondary N) is 3. The van der Waals surface area contributed by atoms with Gasteiger partial charge in [-0.3, -0.25) is 9.59 Å². The van der Waals surface area contributed by atoms with Crippen LogP contribution < -0.4 is 16.0 Å². The maximum atomic E-state index is 11.8. The zero-order chi connectivity index (χ0) is 17.7. The lowest BCUT2D eigenvalue weighted by Gasteiger charge is -2.19. The lowest BCUT2D eigenvalue weighted by molar-refractivity contribution is -0.117. The van der Waals surface area contributed by atoms with Crippen LogP contribution >= 0.6 is 0 Å². The molecule has 0 radical (unpaired) electrons. The van der Waals surface area contributed by atoms with Gasteiger partial charge in [0.2, 0.25) is 11.8 Å². The molecule has 0 bridgehead atoms. The van der Waals surface area contributed by atoms with Gasteiger partial charge in [-0.1, -0.05) is 0 Å². The van der Waals surface area contributed by atoms with Gasteiger partial charge >= 0.3 is 6.09 Å². The predicted molar refractivity (Wildman–Crippen MR) is 90.7 cm³/mol. The Balaban J connectivity index is 1.75. The van der Waals surface area contributed by atoms with Crippen molar-refractivity contribution in [1.29, 1.82) is 0 Å². The normalized spacial score (nSPS) is 13.8. The molecule has 7 heteroatoms.